The van der Waals surface area contributed by atoms with Crippen molar-refractivity contribution in [3.8, 4) is 29.4 Å². The molecule has 2 unspecified atom stereocenters. The van der Waals surface area contributed by atoms with Crippen molar-refractivity contribution in [2.45, 2.75) is 44.7 Å². The Hall–Kier alpha value is -3.70. The Balaban J connectivity index is 1.58. The Morgan fingerprint density at radius 2 is 1.89 bits per heavy atom. The minimum absolute atomic E-state index is 0.0206. The summed E-state index contributed by atoms with van der Waals surface area (Å²) in [5.74, 6) is 3.21. The topological polar surface area (TPSA) is 66.2 Å². The highest BCUT2D eigenvalue weighted by Gasteiger charge is 2.56. The van der Waals surface area contributed by atoms with Gasteiger partial charge in [0, 0.05) is 30.0 Å². The van der Waals surface area contributed by atoms with Gasteiger partial charge in [0.25, 0.3) is 0 Å². The molecule has 2 N–H and O–H groups in total. The van der Waals surface area contributed by atoms with Crippen LogP contribution in [0.2, 0.25) is 0 Å². The number of phenols is 1. The molecule has 38 heavy (non-hydrogen) atoms. The molecule has 3 aliphatic rings. The van der Waals surface area contributed by atoms with E-state index in [1.807, 2.05) is 16.6 Å². The zero-order chi connectivity index (χ0) is 26.5. The molecule has 1 aliphatic heterocycles. The average Bonchev–Trinajstić information content (AvgIpc) is 3.77. The third-order valence-electron chi connectivity index (χ3n) is 8.65. The van der Waals surface area contributed by atoms with Crippen molar-refractivity contribution < 1.29 is 13.9 Å². The first-order valence-corrected chi connectivity index (χ1v) is 13.3. The number of terminal acetylenes is 1. The van der Waals surface area contributed by atoms with Crippen molar-refractivity contribution in [3.05, 3.63) is 47.2 Å². The number of pyridine rings is 1. The predicted molar refractivity (Wildman–Crippen MR) is 144 cm³/mol. The third-order valence-corrected chi connectivity index (χ3v) is 8.65. The average molecular weight is 514 g/mol. The lowest BCUT2D eigenvalue weighted by Gasteiger charge is -2.25. The zero-order valence-corrected chi connectivity index (χ0v) is 21.6. The van der Waals surface area contributed by atoms with E-state index in [0.29, 0.717) is 33.9 Å². The van der Waals surface area contributed by atoms with Gasteiger partial charge < -0.3 is 15.3 Å². The summed E-state index contributed by atoms with van der Waals surface area (Å²) in [6, 6.07) is 5.96. The Morgan fingerprint density at radius 3 is 2.55 bits per heavy atom. The number of piperidine rings is 1. The first-order valence-electron chi connectivity index (χ1n) is 13.3. The fraction of sp³-hybridized carbons (Fsp3) is 0.400. The maximum absolute atomic E-state index is 16.8. The molecule has 0 amide bonds. The Kier molecular flexibility index (Phi) is 5.02. The normalized spacial score (nSPS) is 22.3. The number of halogens is 2. The van der Waals surface area contributed by atoms with Crippen LogP contribution >= 0.6 is 0 Å². The number of nitrogens with one attached hydrogen (secondary N) is 1. The van der Waals surface area contributed by atoms with Crippen molar-refractivity contribution in [1.82, 2.24) is 20.1 Å². The van der Waals surface area contributed by atoms with E-state index in [0.717, 1.165) is 37.0 Å². The van der Waals surface area contributed by atoms with Crippen molar-refractivity contribution in [3.63, 3.8) is 0 Å². The molecule has 8 heteroatoms. The number of anilines is 1. The molecule has 2 aromatic heterocycles. The summed E-state index contributed by atoms with van der Waals surface area (Å²) in [4.78, 5) is 6.97. The number of hydrogen-bond donors (Lipinski definition) is 2. The maximum Gasteiger partial charge on any atom is 0.175 e. The summed E-state index contributed by atoms with van der Waals surface area (Å²) in [5.41, 5.74) is 1.69. The highest BCUT2D eigenvalue weighted by atomic mass is 19.1. The molecule has 0 spiro atoms. The van der Waals surface area contributed by atoms with Gasteiger partial charge in [0.2, 0.25) is 0 Å². The summed E-state index contributed by atoms with van der Waals surface area (Å²) in [6.45, 7) is 6.03. The zero-order valence-electron chi connectivity index (χ0n) is 21.6. The van der Waals surface area contributed by atoms with Gasteiger partial charge in [0.1, 0.15) is 28.6 Å². The van der Waals surface area contributed by atoms with Crippen LogP contribution in [-0.2, 0) is 0 Å². The van der Waals surface area contributed by atoms with Crippen LogP contribution in [0.25, 0.3) is 32.9 Å². The summed E-state index contributed by atoms with van der Waals surface area (Å²) in [5, 5.41) is 20.7. The lowest BCUT2D eigenvalue weighted by Crippen LogP contribution is -2.27. The molecular formula is C30H29F2N5O. The summed E-state index contributed by atoms with van der Waals surface area (Å²) in [6.07, 6.45) is 7.61. The van der Waals surface area contributed by atoms with E-state index in [4.69, 9.17) is 16.5 Å². The first-order chi connectivity index (χ1) is 18.3. The molecule has 3 fully saturated rings. The number of rotatable bonds is 5. The van der Waals surface area contributed by atoms with Crippen LogP contribution in [0.4, 0.5) is 14.6 Å². The Bertz CT molecular complexity index is 1670. The van der Waals surface area contributed by atoms with Crippen LogP contribution < -0.4 is 10.2 Å². The Labute approximate surface area is 219 Å². The monoisotopic (exact) mass is 513 g/mol. The number of phenolic OH excluding ortho intramolecular Hbond substituents is 1. The highest BCUT2D eigenvalue weighted by Crippen LogP contribution is 2.58. The van der Waals surface area contributed by atoms with Crippen LogP contribution in [0.15, 0.2) is 24.3 Å². The molecule has 2 aromatic carbocycles. The molecule has 7 rings (SSSR count). The van der Waals surface area contributed by atoms with E-state index in [2.05, 4.69) is 25.1 Å². The third kappa shape index (κ3) is 3.27. The summed E-state index contributed by atoms with van der Waals surface area (Å²) in [7, 11) is 1.95. The largest absolute Gasteiger partial charge is 0.508 e. The molecular weight excluding hydrogens is 484 g/mol. The van der Waals surface area contributed by atoms with Gasteiger partial charge in [-0.25, -0.2) is 13.8 Å². The smallest absolute Gasteiger partial charge is 0.175 e. The molecule has 3 heterocycles. The lowest BCUT2D eigenvalue weighted by molar-refractivity contribution is 0.476. The van der Waals surface area contributed by atoms with Crippen molar-refractivity contribution in [2.75, 3.05) is 25.0 Å². The van der Waals surface area contributed by atoms with Gasteiger partial charge in [0.15, 0.2) is 5.82 Å². The molecule has 1 saturated heterocycles. The lowest BCUT2D eigenvalue weighted by atomic mass is 9.95. The molecule has 0 radical (unpaired) electrons. The van der Waals surface area contributed by atoms with E-state index in [1.54, 1.807) is 6.07 Å². The molecule has 2 saturated carbocycles. The molecule has 4 aromatic rings. The van der Waals surface area contributed by atoms with Gasteiger partial charge in [-0.15, -0.1) is 6.42 Å². The number of aromatic hydroxyl groups is 1. The SMILES string of the molecule is C#Cc1c(F)ccc2cc(O)cc(-c3nc(N(C)C(C)C)c4c(C5C6CNCC65)nn(C5CC5)c4c3F)c12. The van der Waals surface area contributed by atoms with Crippen molar-refractivity contribution >= 4 is 27.5 Å². The standard InChI is InChI=1S/C30H29F2N5O/c1-5-18-22(31)9-6-15-10-17(38)11-19(23(15)18)27-26(32)29-25(30(34-27)36(4)14(2)3)28(35-37(29)16-7-8-16)24-20-12-33-13-21(20)24/h1,6,9-11,14,16,20-21,24,33,38H,7-8,12-13H2,2-4H3. The number of aromatic nitrogens is 3. The van der Waals surface area contributed by atoms with Gasteiger partial charge >= 0.3 is 0 Å². The second kappa shape index (κ2) is 8.15. The van der Waals surface area contributed by atoms with E-state index in [-0.39, 0.29) is 40.6 Å². The molecule has 2 aliphatic carbocycles. The van der Waals surface area contributed by atoms with Gasteiger partial charge in [0.05, 0.1) is 22.7 Å². The fourth-order valence-corrected chi connectivity index (χ4v) is 6.28. The van der Waals surface area contributed by atoms with E-state index in [9.17, 15) is 9.50 Å². The van der Waals surface area contributed by atoms with Crippen LogP contribution in [-0.4, -0.2) is 46.1 Å². The van der Waals surface area contributed by atoms with Gasteiger partial charge in [-0.3, -0.25) is 4.68 Å². The number of hydrogen-bond acceptors (Lipinski definition) is 5. The van der Waals surface area contributed by atoms with E-state index >= 15 is 4.39 Å². The van der Waals surface area contributed by atoms with Crippen molar-refractivity contribution in [1.29, 1.82) is 0 Å². The quantitative estimate of drug-likeness (QED) is 0.353. The van der Waals surface area contributed by atoms with Gasteiger partial charge in [-0.2, -0.15) is 5.10 Å². The van der Waals surface area contributed by atoms with E-state index < -0.39 is 11.6 Å². The highest BCUT2D eigenvalue weighted by molar-refractivity contribution is 6.04. The van der Waals surface area contributed by atoms with Gasteiger partial charge in [-0.05, 0) is 75.2 Å². The van der Waals surface area contributed by atoms with Crippen LogP contribution in [0, 0.1) is 35.8 Å². The maximum atomic E-state index is 16.8. The minimum Gasteiger partial charge on any atom is -0.508 e. The Morgan fingerprint density at radius 1 is 1.16 bits per heavy atom. The summed E-state index contributed by atoms with van der Waals surface area (Å²) >= 11 is 0. The van der Waals surface area contributed by atoms with Crippen LogP contribution in [0.5, 0.6) is 5.75 Å². The molecule has 0 bridgehead atoms. The minimum atomic E-state index is -0.577. The fourth-order valence-electron chi connectivity index (χ4n) is 6.28. The second-order valence-electron chi connectivity index (χ2n) is 11.3. The molecule has 194 valence electrons. The number of benzene rings is 2. The van der Waals surface area contributed by atoms with Crippen LogP contribution in [0.3, 0.4) is 0 Å². The predicted octanol–water partition coefficient (Wildman–Crippen LogP) is 5.33. The molecule has 6 nitrogen and oxygen atoms in total. The second-order valence-corrected chi connectivity index (χ2v) is 11.3. The van der Waals surface area contributed by atoms with E-state index in [1.165, 1.54) is 18.2 Å². The number of nitrogens with zero attached hydrogens (tertiary/aromatic N) is 4. The van der Waals surface area contributed by atoms with Gasteiger partial charge in [-0.1, -0.05) is 12.0 Å². The number of fused-ring (bicyclic) bond motifs is 3. The summed E-state index contributed by atoms with van der Waals surface area (Å²) < 4.78 is 33.5. The van der Waals surface area contributed by atoms with Crippen LogP contribution in [0.1, 0.15) is 49.9 Å². The molecule has 2 atom stereocenters. The van der Waals surface area contributed by atoms with Crippen molar-refractivity contribution in [2.24, 2.45) is 11.8 Å². The first kappa shape index (κ1) is 23.4.